The van der Waals surface area contributed by atoms with Crippen LogP contribution < -0.4 is 0 Å². The Morgan fingerprint density at radius 1 is 1.38 bits per heavy atom. The van der Waals surface area contributed by atoms with Crippen LogP contribution in [-0.2, 0) is 16.0 Å². The van der Waals surface area contributed by atoms with Crippen molar-refractivity contribution in [2.75, 3.05) is 18.7 Å². The number of rotatable bonds is 4. The van der Waals surface area contributed by atoms with Gasteiger partial charge in [0.2, 0.25) is 11.8 Å². The van der Waals surface area contributed by atoms with Crippen LogP contribution in [0.25, 0.3) is 10.9 Å². The lowest BCUT2D eigenvalue weighted by atomic mass is 10.1. The molecule has 0 saturated carbocycles. The van der Waals surface area contributed by atoms with Gasteiger partial charge in [-0.25, -0.2) is 0 Å². The number of benzene rings is 1. The van der Waals surface area contributed by atoms with Crippen molar-refractivity contribution in [1.29, 1.82) is 0 Å². The van der Waals surface area contributed by atoms with E-state index in [-0.39, 0.29) is 23.9 Å². The van der Waals surface area contributed by atoms with Gasteiger partial charge in [-0.2, -0.15) is 0 Å². The first kappa shape index (κ1) is 16.9. The molecular weight excluding hydrogens is 322 g/mol. The lowest BCUT2D eigenvalue weighted by Crippen LogP contribution is -2.49. The molecule has 24 heavy (non-hydrogen) atoms. The first-order valence-corrected chi connectivity index (χ1v) is 9.33. The van der Waals surface area contributed by atoms with Crippen molar-refractivity contribution in [3.63, 3.8) is 0 Å². The van der Waals surface area contributed by atoms with Gasteiger partial charge in [0, 0.05) is 35.9 Å². The van der Waals surface area contributed by atoms with Gasteiger partial charge < -0.3 is 14.8 Å². The zero-order valence-corrected chi connectivity index (χ0v) is 15.1. The number of amides is 2. The summed E-state index contributed by atoms with van der Waals surface area (Å²) in [6.07, 6.45) is 2.21. The molecule has 1 aromatic carbocycles. The minimum Gasteiger partial charge on any atom is -0.361 e. The molecule has 1 aromatic heterocycles. The smallest absolute Gasteiger partial charge is 0.246 e. The molecule has 2 aromatic rings. The molecule has 2 heterocycles. The van der Waals surface area contributed by atoms with Crippen molar-refractivity contribution >= 4 is 34.5 Å². The number of nitrogens with zero attached hydrogens (tertiary/aromatic N) is 2. The maximum atomic E-state index is 12.8. The van der Waals surface area contributed by atoms with Gasteiger partial charge in [-0.05, 0) is 25.5 Å². The monoisotopic (exact) mass is 345 g/mol. The van der Waals surface area contributed by atoms with Crippen LogP contribution in [0.5, 0.6) is 0 Å². The standard InChI is InChI=1S/C18H23N3O2S/c1-12(2)20(3)18(23)16-10-24-11-21(16)17(22)8-13-9-19-15-7-5-4-6-14(13)15/h4-7,9,12,16,19H,8,10-11H2,1-3H3/t16-/m1/s1. The number of para-hydroxylation sites is 1. The van der Waals surface area contributed by atoms with Crippen molar-refractivity contribution in [2.24, 2.45) is 0 Å². The van der Waals surface area contributed by atoms with Gasteiger partial charge in [0.05, 0.1) is 12.3 Å². The Morgan fingerprint density at radius 2 is 2.12 bits per heavy atom. The molecule has 1 saturated heterocycles. The van der Waals surface area contributed by atoms with Crippen molar-refractivity contribution in [1.82, 2.24) is 14.8 Å². The minimum atomic E-state index is -0.347. The van der Waals surface area contributed by atoms with E-state index in [9.17, 15) is 9.59 Å². The van der Waals surface area contributed by atoms with E-state index < -0.39 is 0 Å². The van der Waals surface area contributed by atoms with Crippen molar-refractivity contribution < 1.29 is 9.59 Å². The third kappa shape index (κ3) is 3.15. The van der Waals surface area contributed by atoms with Crippen molar-refractivity contribution in [3.8, 4) is 0 Å². The average molecular weight is 345 g/mol. The second-order valence-electron chi connectivity index (χ2n) is 6.46. The number of fused-ring (bicyclic) bond motifs is 1. The predicted octanol–water partition coefficient (Wildman–Crippen LogP) is 2.48. The van der Waals surface area contributed by atoms with E-state index in [1.165, 1.54) is 0 Å². The Bertz CT molecular complexity index is 756. The van der Waals surface area contributed by atoms with Gasteiger partial charge in [-0.1, -0.05) is 18.2 Å². The van der Waals surface area contributed by atoms with Crippen LogP contribution in [0.2, 0.25) is 0 Å². The summed E-state index contributed by atoms with van der Waals surface area (Å²) in [4.78, 5) is 32.1. The van der Waals surface area contributed by atoms with Crippen LogP contribution in [0.15, 0.2) is 30.5 Å². The number of thioether (sulfide) groups is 1. The molecule has 6 heteroatoms. The summed E-state index contributed by atoms with van der Waals surface area (Å²) in [5.41, 5.74) is 2.01. The predicted molar refractivity (Wildman–Crippen MR) is 97.9 cm³/mol. The fourth-order valence-electron chi connectivity index (χ4n) is 2.92. The van der Waals surface area contributed by atoms with Gasteiger partial charge in [0.15, 0.2) is 0 Å². The summed E-state index contributed by atoms with van der Waals surface area (Å²) in [5, 5.41) is 1.07. The van der Waals surface area contributed by atoms with Crippen LogP contribution in [0.1, 0.15) is 19.4 Å². The number of carbonyl (C=O) groups is 2. The summed E-state index contributed by atoms with van der Waals surface area (Å²) >= 11 is 1.64. The number of aromatic nitrogens is 1. The molecule has 1 aliphatic heterocycles. The van der Waals surface area contributed by atoms with Crippen molar-refractivity contribution in [3.05, 3.63) is 36.0 Å². The normalized spacial score (nSPS) is 17.7. The number of carbonyl (C=O) groups excluding carboxylic acids is 2. The number of H-pyrrole nitrogens is 1. The van der Waals surface area contributed by atoms with Crippen LogP contribution in [0.4, 0.5) is 0 Å². The molecule has 0 bridgehead atoms. The molecule has 5 nitrogen and oxygen atoms in total. The van der Waals surface area contributed by atoms with Gasteiger partial charge >= 0.3 is 0 Å². The molecule has 2 amide bonds. The van der Waals surface area contributed by atoms with Crippen LogP contribution in [-0.4, -0.2) is 57.4 Å². The maximum absolute atomic E-state index is 12.8. The Kier molecular flexibility index (Phi) is 4.85. The number of likely N-dealkylation sites (N-methyl/N-ethyl adjacent to an activating group) is 1. The molecule has 3 rings (SSSR count). The highest BCUT2D eigenvalue weighted by atomic mass is 32.2. The number of nitrogens with one attached hydrogen (secondary N) is 1. The van der Waals surface area contributed by atoms with Crippen molar-refractivity contribution in [2.45, 2.75) is 32.4 Å². The molecule has 1 atom stereocenters. The summed E-state index contributed by atoms with van der Waals surface area (Å²) < 4.78 is 0. The van der Waals surface area contributed by atoms with Gasteiger partial charge in [-0.15, -0.1) is 11.8 Å². The van der Waals surface area contributed by atoms with Crippen LogP contribution in [0.3, 0.4) is 0 Å². The Balaban J connectivity index is 1.75. The second kappa shape index (κ2) is 6.89. The maximum Gasteiger partial charge on any atom is 0.246 e. The highest BCUT2D eigenvalue weighted by Gasteiger charge is 2.36. The third-order valence-electron chi connectivity index (χ3n) is 4.63. The van der Waals surface area contributed by atoms with E-state index in [1.54, 1.807) is 28.6 Å². The fourth-order valence-corrected chi connectivity index (χ4v) is 4.10. The van der Waals surface area contributed by atoms with E-state index in [0.717, 1.165) is 16.5 Å². The summed E-state index contributed by atoms with van der Waals surface area (Å²) in [6.45, 7) is 3.97. The Hall–Kier alpha value is -1.95. The van der Waals surface area contributed by atoms with E-state index >= 15 is 0 Å². The molecule has 0 unspecified atom stereocenters. The zero-order valence-electron chi connectivity index (χ0n) is 14.3. The third-order valence-corrected chi connectivity index (χ3v) is 5.64. The van der Waals surface area contributed by atoms with E-state index in [2.05, 4.69) is 4.98 Å². The fraction of sp³-hybridized carbons (Fsp3) is 0.444. The molecule has 1 N–H and O–H groups in total. The first-order valence-electron chi connectivity index (χ1n) is 8.18. The molecule has 128 valence electrons. The highest BCUT2D eigenvalue weighted by Crippen LogP contribution is 2.25. The van der Waals surface area contributed by atoms with Gasteiger partial charge in [-0.3, -0.25) is 9.59 Å². The first-order chi connectivity index (χ1) is 11.5. The van der Waals surface area contributed by atoms with Gasteiger partial charge in [0.25, 0.3) is 0 Å². The second-order valence-corrected chi connectivity index (χ2v) is 7.46. The number of hydrogen-bond acceptors (Lipinski definition) is 3. The van der Waals surface area contributed by atoms with Crippen LogP contribution in [0, 0.1) is 0 Å². The molecular formula is C18H23N3O2S. The molecule has 1 aliphatic rings. The Morgan fingerprint density at radius 3 is 2.88 bits per heavy atom. The molecule has 0 radical (unpaired) electrons. The van der Waals surface area contributed by atoms with Gasteiger partial charge in [0.1, 0.15) is 6.04 Å². The quantitative estimate of drug-likeness (QED) is 0.926. The number of hydrogen-bond donors (Lipinski definition) is 1. The summed E-state index contributed by atoms with van der Waals surface area (Å²) in [6, 6.07) is 7.74. The molecule has 1 fully saturated rings. The summed E-state index contributed by atoms with van der Waals surface area (Å²) in [7, 11) is 1.80. The van der Waals surface area contributed by atoms with Crippen LogP contribution >= 0.6 is 11.8 Å². The minimum absolute atomic E-state index is 0.0141. The summed E-state index contributed by atoms with van der Waals surface area (Å²) in [5.74, 6) is 1.31. The van der Waals surface area contributed by atoms with E-state index in [0.29, 0.717) is 18.1 Å². The lowest BCUT2D eigenvalue weighted by Gasteiger charge is -2.29. The SMILES string of the molecule is CC(C)N(C)C(=O)[C@H]1CSCN1C(=O)Cc1c[nH]c2ccccc12. The molecule has 0 aliphatic carbocycles. The van der Waals surface area contributed by atoms with E-state index in [4.69, 9.17) is 0 Å². The lowest BCUT2D eigenvalue weighted by molar-refractivity contribution is -0.143. The topological polar surface area (TPSA) is 56.4 Å². The number of aromatic amines is 1. The zero-order chi connectivity index (χ0) is 17.3. The van der Waals surface area contributed by atoms with E-state index in [1.807, 2.05) is 44.3 Å². The largest absolute Gasteiger partial charge is 0.361 e. The average Bonchev–Trinajstić information content (AvgIpc) is 3.21. The highest BCUT2D eigenvalue weighted by molar-refractivity contribution is 7.99. The molecule has 0 spiro atoms. The Labute approximate surface area is 146 Å².